The lowest BCUT2D eigenvalue weighted by Crippen LogP contribution is -2.19. The Labute approximate surface area is 82.2 Å². The summed E-state index contributed by atoms with van der Waals surface area (Å²) >= 11 is 0. The summed E-state index contributed by atoms with van der Waals surface area (Å²) in [4.78, 5) is 0. The number of hydrogen-bond acceptors (Lipinski definition) is 1. The average molecular weight is 182 g/mol. The van der Waals surface area contributed by atoms with Crippen LogP contribution in [0.25, 0.3) is 0 Å². The zero-order valence-electron chi connectivity index (χ0n) is 9.14. The Morgan fingerprint density at radius 2 is 2.15 bits per heavy atom. The number of hydrogen-bond donors (Lipinski definition) is 1. The van der Waals surface area contributed by atoms with Gasteiger partial charge in [-0.1, -0.05) is 31.1 Å². The van der Waals surface area contributed by atoms with Crippen molar-refractivity contribution in [1.82, 2.24) is 0 Å². The van der Waals surface area contributed by atoms with Crippen LogP contribution in [0.3, 0.4) is 0 Å². The zero-order chi connectivity index (χ0) is 10.3. The predicted octanol–water partition coefficient (Wildman–Crippen LogP) is 3.45. The van der Waals surface area contributed by atoms with Crippen molar-refractivity contribution in [3.63, 3.8) is 0 Å². The summed E-state index contributed by atoms with van der Waals surface area (Å²) in [5.41, 5.74) is 0.713. The molecule has 0 rings (SSSR count). The molecule has 0 aliphatic heterocycles. The maximum Gasteiger partial charge on any atom is 0.0800 e. The van der Waals surface area contributed by atoms with Crippen LogP contribution in [-0.2, 0) is 0 Å². The molecule has 0 spiro atoms. The summed E-state index contributed by atoms with van der Waals surface area (Å²) in [6.45, 7) is 9.71. The molecule has 1 unspecified atom stereocenters. The summed E-state index contributed by atoms with van der Waals surface area (Å²) < 4.78 is 0. The SMILES string of the molecule is C=CC(C)(O)CC/C=C(\C)CCC. The van der Waals surface area contributed by atoms with Gasteiger partial charge in [0.25, 0.3) is 0 Å². The average Bonchev–Trinajstić information content (AvgIpc) is 2.05. The summed E-state index contributed by atoms with van der Waals surface area (Å²) in [6.07, 6.45) is 7.87. The van der Waals surface area contributed by atoms with Gasteiger partial charge in [-0.25, -0.2) is 0 Å². The first kappa shape index (κ1) is 12.4. The molecular weight excluding hydrogens is 160 g/mol. The van der Waals surface area contributed by atoms with E-state index in [0.717, 1.165) is 19.3 Å². The van der Waals surface area contributed by atoms with Crippen LogP contribution >= 0.6 is 0 Å². The van der Waals surface area contributed by atoms with E-state index < -0.39 is 5.60 Å². The first-order valence-corrected chi connectivity index (χ1v) is 5.03. The Bertz CT molecular complexity index is 178. The summed E-state index contributed by atoms with van der Waals surface area (Å²) in [5.74, 6) is 0. The van der Waals surface area contributed by atoms with E-state index in [9.17, 15) is 5.11 Å². The maximum absolute atomic E-state index is 9.62. The molecule has 1 N–H and O–H groups in total. The number of aliphatic hydroxyl groups is 1. The standard InChI is InChI=1S/C12H22O/c1-5-8-11(3)9-7-10-12(4,13)6-2/h6,9,13H,2,5,7-8,10H2,1,3-4H3/b11-9+. The largest absolute Gasteiger partial charge is 0.386 e. The third-order valence-corrected chi connectivity index (χ3v) is 2.23. The smallest absolute Gasteiger partial charge is 0.0800 e. The van der Waals surface area contributed by atoms with Gasteiger partial charge in [-0.15, -0.1) is 6.58 Å². The highest BCUT2D eigenvalue weighted by atomic mass is 16.3. The van der Waals surface area contributed by atoms with Crippen molar-refractivity contribution in [1.29, 1.82) is 0 Å². The molecule has 0 saturated carbocycles. The summed E-state index contributed by atoms with van der Waals surface area (Å²) in [6, 6.07) is 0. The zero-order valence-corrected chi connectivity index (χ0v) is 9.14. The molecule has 1 heteroatoms. The highest BCUT2D eigenvalue weighted by Crippen LogP contribution is 2.15. The molecule has 0 saturated heterocycles. The van der Waals surface area contributed by atoms with Crippen molar-refractivity contribution in [2.75, 3.05) is 0 Å². The second kappa shape index (κ2) is 5.98. The third kappa shape index (κ3) is 6.59. The van der Waals surface area contributed by atoms with Crippen LogP contribution in [0.2, 0.25) is 0 Å². The van der Waals surface area contributed by atoms with Crippen molar-refractivity contribution in [3.05, 3.63) is 24.3 Å². The number of allylic oxidation sites excluding steroid dienone is 2. The Balaban J connectivity index is 3.77. The molecule has 0 fully saturated rings. The highest BCUT2D eigenvalue weighted by Gasteiger charge is 2.12. The lowest BCUT2D eigenvalue weighted by Gasteiger charge is -2.16. The first-order chi connectivity index (χ1) is 6.02. The molecule has 0 radical (unpaired) electrons. The second-order valence-corrected chi connectivity index (χ2v) is 3.90. The van der Waals surface area contributed by atoms with Crippen LogP contribution in [0.4, 0.5) is 0 Å². The van der Waals surface area contributed by atoms with Crippen molar-refractivity contribution in [2.24, 2.45) is 0 Å². The van der Waals surface area contributed by atoms with Gasteiger partial charge in [-0.2, -0.15) is 0 Å². The van der Waals surface area contributed by atoms with Crippen molar-refractivity contribution in [2.45, 2.75) is 52.1 Å². The molecule has 13 heavy (non-hydrogen) atoms. The quantitative estimate of drug-likeness (QED) is 0.624. The minimum atomic E-state index is -0.705. The van der Waals surface area contributed by atoms with Crippen molar-refractivity contribution < 1.29 is 5.11 Å². The number of rotatable bonds is 6. The Kier molecular flexibility index (Phi) is 5.72. The van der Waals surface area contributed by atoms with Gasteiger partial charge in [-0.05, 0) is 33.1 Å². The van der Waals surface area contributed by atoms with Gasteiger partial charge >= 0.3 is 0 Å². The highest BCUT2D eigenvalue weighted by molar-refractivity contribution is 5.00. The second-order valence-electron chi connectivity index (χ2n) is 3.90. The van der Waals surface area contributed by atoms with Crippen molar-refractivity contribution >= 4 is 0 Å². The Morgan fingerprint density at radius 3 is 2.62 bits per heavy atom. The van der Waals surface area contributed by atoms with E-state index >= 15 is 0 Å². The third-order valence-electron chi connectivity index (χ3n) is 2.23. The van der Waals surface area contributed by atoms with E-state index in [2.05, 4.69) is 26.5 Å². The molecule has 76 valence electrons. The van der Waals surface area contributed by atoms with Crippen LogP contribution in [0.5, 0.6) is 0 Å². The van der Waals surface area contributed by atoms with Crippen LogP contribution < -0.4 is 0 Å². The van der Waals surface area contributed by atoms with Crippen LogP contribution in [0.15, 0.2) is 24.3 Å². The van der Waals surface area contributed by atoms with Gasteiger partial charge in [0.1, 0.15) is 0 Å². The molecule has 0 aliphatic carbocycles. The normalized spacial score (nSPS) is 16.8. The van der Waals surface area contributed by atoms with Gasteiger partial charge in [0.15, 0.2) is 0 Å². The van der Waals surface area contributed by atoms with E-state index in [0.29, 0.717) is 0 Å². The predicted molar refractivity (Wildman–Crippen MR) is 58.7 cm³/mol. The van der Waals surface area contributed by atoms with E-state index in [1.807, 2.05) is 0 Å². The van der Waals surface area contributed by atoms with Crippen LogP contribution in [0.1, 0.15) is 46.5 Å². The molecular formula is C12H22O. The van der Waals surface area contributed by atoms with E-state index in [-0.39, 0.29) is 0 Å². The van der Waals surface area contributed by atoms with E-state index in [1.54, 1.807) is 13.0 Å². The Hall–Kier alpha value is -0.560. The summed E-state index contributed by atoms with van der Waals surface area (Å²) in [5, 5.41) is 9.62. The lowest BCUT2D eigenvalue weighted by atomic mass is 9.99. The summed E-state index contributed by atoms with van der Waals surface area (Å²) in [7, 11) is 0. The van der Waals surface area contributed by atoms with Gasteiger partial charge in [0.2, 0.25) is 0 Å². The molecule has 0 aromatic carbocycles. The van der Waals surface area contributed by atoms with Gasteiger partial charge in [0, 0.05) is 0 Å². The topological polar surface area (TPSA) is 20.2 Å². The molecule has 0 aromatic rings. The van der Waals surface area contributed by atoms with E-state index in [4.69, 9.17) is 0 Å². The minimum Gasteiger partial charge on any atom is -0.386 e. The van der Waals surface area contributed by atoms with Gasteiger partial charge in [0.05, 0.1) is 5.60 Å². The molecule has 0 amide bonds. The van der Waals surface area contributed by atoms with Gasteiger partial charge in [-0.3, -0.25) is 0 Å². The first-order valence-electron chi connectivity index (χ1n) is 5.03. The fourth-order valence-corrected chi connectivity index (χ4v) is 1.21. The molecule has 0 aliphatic rings. The molecule has 0 heterocycles. The van der Waals surface area contributed by atoms with Gasteiger partial charge < -0.3 is 5.11 Å². The molecule has 1 atom stereocenters. The fourth-order valence-electron chi connectivity index (χ4n) is 1.21. The lowest BCUT2D eigenvalue weighted by molar-refractivity contribution is 0.103. The Morgan fingerprint density at radius 1 is 1.54 bits per heavy atom. The van der Waals surface area contributed by atoms with E-state index in [1.165, 1.54) is 12.0 Å². The monoisotopic (exact) mass is 182 g/mol. The van der Waals surface area contributed by atoms with Crippen LogP contribution in [-0.4, -0.2) is 10.7 Å². The molecule has 0 bridgehead atoms. The van der Waals surface area contributed by atoms with Crippen LogP contribution in [0, 0.1) is 0 Å². The minimum absolute atomic E-state index is 0.705. The molecule has 1 nitrogen and oxygen atoms in total. The molecule has 0 aromatic heterocycles. The van der Waals surface area contributed by atoms with Crippen molar-refractivity contribution in [3.8, 4) is 0 Å². The maximum atomic E-state index is 9.62. The fraction of sp³-hybridized carbons (Fsp3) is 0.667.